The lowest BCUT2D eigenvalue weighted by atomic mass is 9.33. The summed E-state index contributed by atoms with van der Waals surface area (Å²) in [6.45, 7) is 17.4. The molecule has 0 amide bonds. The van der Waals surface area contributed by atoms with Crippen LogP contribution in [0.2, 0.25) is 0 Å². The van der Waals surface area contributed by atoms with E-state index in [4.69, 9.17) is 4.74 Å². The number of hydrogen-bond acceptors (Lipinski definition) is 5. The highest BCUT2D eigenvalue weighted by Gasteiger charge is 2.71. The number of fused-ring (bicyclic) bond motifs is 7. The van der Waals surface area contributed by atoms with Gasteiger partial charge in [0.05, 0.1) is 12.0 Å². The van der Waals surface area contributed by atoms with Crippen LogP contribution < -0.4 is 0 Å². The molecule has 5 aliphatic rings. The van der Waals surface area contributed by atoms with E-state index in [0.717, 1.165) is 50.5 Å². The van der Waals surface area contributed by atoms with Gasteiger partial charge in [0.15, 0.2) is 0 Å². The first-order chi connectivity index (χ1) is 17.1. The van der Waals surface area contributed by atoms with Crippen molar-refractivity contribution < 1.29 is 24.2 Å². The summed E-state index contributed by atoms with van der Waals surface area (Å²) in [5.41, 5.74) is 0.864. The predicted molar refractivity (Wildman–Crippen MR) is 142 cm³/mol. The quantitative estimate of drug-likeness (QED) is 0.367. The fourth-order valence-corrected chi connectivity index (χ4v) is 11.1. The van der Waals surface area contributed by atoms with E-state index in [1.165, 1.54) is 6.92 Å². The Morgan fingerprint density at radius 2 is 1.59 bits per heavy atom. The molecule has 0 saturated heterocycles. The Kier molecular flexibility index (Phi) is 6.05. The number of esters is 1. The van der Waals surface area contributed by atoms with Crippen LogP contribution in [0.4, 0.5) is 0 Å². The Balaban J connectivity index is 1.57. The van der Waals surface area contributed by atoms with E-state index in [2.05, 4.69) is 34.6 Å². The molecule has 0 aliphatic heterocycles. The first-order valence-corrected chi connectivity index (χ1v) is 14.7. The molecule has 7 unspecified atom stereocenters. The highest BCUT2D eigenvalue weighted by atomic mass is 16.5. The summed E-state index contributed by atoms with van der Waals surface area (Å²) in [5.74, 6) is 0.291. The first-order valence-electron chi connectivity index (χ1n) is 14.7. The van der Waals surface area contributed by atoms with Crippen LogP contribution in [0.5, 0.6) is 0 Å². The topological polar surface area (TPSA) is 80.7 Å². The molecule has 5 nitrogen and oxygen atoms in total. The van der Waals surface area contributed by atoms with E-state index in [-0.39, 0.29) is 63.7 Å². The summed E-state index contributed by atoms with van der Waals surface area (Å²) in [5, 5.41) is 10.6. The standard InChI is InChI=1S/C32H48O5/c1-18(2)24-25-20-9-10-22-29(6)13-12-23(37-19(3)34)28(4,5)21(29)11-14-31(22,8)30(20,7)15-16-32(25,17-33)27(36)26(24)35/h18,20-23,33H,9-17H2,1-8H3/t20?,21?,22?,23?,29?,30?,31?,32-/m0/s1. The molecule has 0 bridgehead atoms. The molecule has 0 spiro atoms. The van der Waals surface area contributed by atoms with Crippen molar-refractivity contribution in [3.63, 3.8) is 0 Å². The van der Waals surface area contributed by atoms with E-state index in [1.54, 1.807) is 0 Å². The molecule has 5 heteroatoms. The second-order valence-electron chi connectivity index (χ2n) is 15.0. The maximum absolute atomic E-state index is 13.4. The Labute approximate surface area is 223 Å². The third-order valence-electron chi connectivity index (χ3n) is 13.1. The zero-order chi connectivity index (χ0) is 27.3. The number of Topliss-reactive ketones (excluding diaryl/α,β-unsaturated/α-hetero) is 2. The highest BCUT2D eigenvalue weighted by molar-refractivity contribution is 6.49. The Morgan fingerprint density at radius 1 is 0.919 bits per heavy atom. The SMILES string of the molecule is CC(=O)OC1CCC2(C)C(CCC3(C)C2CCC2C4=C(C(C)C)C(=O)C(=O)[C@]4(CO)CCC23C)C1(C)C. The first kappa shape index (κ1) is 27.1. The van der Waals surface area contributed by atoms with Crippen LogP contribution in [-0.2, 0) is 19.1 Å². The fourth-order valence-electron chi connectivity index (χ4n) is 11.1. The van der Waals surface area contributed by atoms with Crippen LogP contribution in [0, 0.1) is 50.7 Å². The minimum absolute atomic E-state index is 0.0154. The number of carbonyl (C=O) groups is 3. The van der Waals surface area contributed by atoms with Crippen LogP contribution in [0.3, 0.4) is 0 Å². The van der Waals surface area contributed by atoms with Gasteiger partial charge in [0.1, 0.15) is 6.10 Å². The lowest BCUT2D eigenvalue weighted by Gasteiger charge is -2.72. The minimum atomic E-state index is -0.991. The van der Waals surface area contributed by atoms with Gasteiger partial charge in [0, 0.05) is 17.9 Å². The van der Waals surface area contributed by atoms with Crippen LogP contribution in [0.1, 0.15) is 107 Å². The largest absolute Gasteiger partial charge is 0.462 e. The molecular weight excluding hydrogens is 464 g/mol. The number of allylic oxidation sites excluding steroid dienone is 1. The summed E-state index contributed by atoms with van der Waals surface area (Å²) in [4.78, 5) is 38.5. The normalized spacial score (nSPS) is 46.8. The number of rotatable bonds is 3. The van der Waals surface area contributed by atoms with Crippen molar-refractivity contribution in [2.75, 3.05) is 6.61 Å². The third kappa shape index (κ3) is 3.22. The smallest absolute Gasteiger partial charge is 0.302 e. The van der Waals surface area contributed by atoms with Crippen molar-refractivity contribution in [3.05, 3.63) is 11.1 Å². The van der Waals surface area contributed by atoms with E-state index in [9.17, 15) is 19.5 Å². The average Bonchev–Trinajstić information content (AvgIpc) is 3.03. The summed E-state index contributed by atoms with van der Waals surface area (Å²) in [6.07, 6.45) is 7.66. The van der Waals surface area contributed by atoms with Gasteiger partial charge in [0.25, 0.3) is 0 Å². The van der Waals surface area contributed by atoms with Gasteiger partial charge in [-0.1, -0.05) is 48.5 Å². The summed E-state index contributed by atoms with van der Waals surface area (Å²) >= 11 is 0. The number of aliphatic hydroxyl groups excluding tert-OH is 1. The van der Waals surface area contributed by atoms with Crippen LogP contribution in [-0.4, -0.2) is 35.4 Å². The van der Waals surface area contributed by atoms with Gasteiger partial charge < -0.3 is 9.84 Å². The Bertz CT molecular complexity index is 1070. The van der Waals surface area contributed by atoms with Crippen LogP contribution in [0.15, 0.2) is 11.1 Å². The molecule has 8 atom stereocenters. The van der Waals surface area contributed by atoms with Crippen molar-refractivity contribution in [1.82, 2.24) is 0 Å². The maximum atomic E-state index is 13.4. The van der Waals surface area contributed by atoms with E-state index >= 15 is 0 Å². The van der Waals surface area contributed by atoms with Crippen LogP contribution >= 0.6 is 0 Å². The number of aliphatic hydroxyl groups is 1. The Hall–Kier alpha value is -1.49. The summed E-state index contributed by atoms with van der Waals surface area (Å²) < 4.78 is 5.86. The molecule has 0 heterocycles. The minimum Gasteiger partial charge on any atom is -0.462 e. The molecule has 0 aromatic rings. The van der Waals surface area contributed by atoms with Crippen molar-refractivity contribution in [2.24, 2.45) is 50.7 Å². The second-order valence-corrected chi connectivity index (χ2v) is 15.0. The van der Waals surface area contributed by atoms with E-state index in [0.29, 0.717) is 23.8 Å². The molecule has 4 fully saturated rings. The predicted octanol–water partition coefficient (Wildman–Crippen LogP) is 6.07. The third-order valence-corrected chi connectivity index (χ3v) is 13.1. The van der Waals surface area contributed by atoms with E-state index < -0.39 is 5.41 Å². The lowest BCUT2D eigenvalue weighted by Crippen LogP contribution is -2.66. The molecule has 0 radical (unpaired) electrons. The molecule has 37 heavy (non-hydrogen) atoms. The molecule has 0 aromatic carbocycles. The molecule has 4 saturated carbocycles. The average molecular weight is 513 g/mol. The van der Waals surface area contributed by atoms with Gasteiger partial charge >= 0.3 is 5.97 Å². The van der Waals surface area contributed by atoms with Crippen LogP contribution in [0.25, 0.3) is 0 Å². The molecular formula is C32H48O5. The van der Waals surface area contributed by atoms with Crippen molar-refractivity contribution in [3.8, 4) is 0 Å². The van der Waals surface area contributed by atoms with Gasteiger partial charge in [-0.3, -0.25) is 14.4 Å². The second kappa shape index (κ2) is 8.26. The zero-order valence-corrected chi connectivity index (χ0v) is 24.3. The molecule has 0 aromatic heterocycles. The van der Waals surface area contributed by atoms with Gasteiger partial charge in [-0.25, -0.2) is 0 Å². The summed E-state index contributed by atoms with van der Waals surface area (Å²) in [7, 11) is 0. The summed E-state index contributed by atoms with van der Waals surface area (Å²) in [6, 6.07) is 0. The fraction of sp³-hybridized carbons (Fsp3) is 0.844. The number of ether oxygens (including phenoxy) is 1. The van der Waals surface area contributed by atoms with Gasteiger partial charge in [-0.05, 0) is 96.9 Å². The van der Waals surface area contributed by atoms with Gasteiger partial charge in [-0.15, -0.1) is 0 Å². The molecule has 5 rings (SSSR count). The lowest BCUT2D eigenvalue weighted by molar-refractivity contribution is -0.233. The van der Waals surface area contributed by atoms with Gasteiger partial charge in [-0.2, -0.15) is 0 Å². The van der Waals surface area contributed by atoms with Crippen molar-refractivity contribution >= 4 is 17.5 Å². The maximum Gasteiger partial charge on any atom is 0.302 e. The van der Waals surface area contributed by atoms with Gasteiger partial charge in [0.2, 0.25) is 11.6 Å². The zero-order valence-electron chi connectivity index (χ0n) is 24.3. The number of hydrogen-bond donors (Lipinski definition) is 1. The number of carbonyl (C=O) groups excluding carboxylic acids is 3. The monoisotopic (exact) mass is 512 g/mol. The number of ketones is 2. The molecule has 1 N–H and O–H groups in total. The Morgan fingerprint density at radius 3 is 2.19 bits per heavy atom. The van der Waals surface area contributed by atoms with Crippen molar-refractivity contribution in [2.45, 2.75) is 113 Å². The highest BCUT2D eigenvalue weighted by Crippen LogP contribution is 2.76. The van der Waals surface area contributed by atoms with E-state index in [1.807, 2.05) is 13.8 Å². The molecule has 5 aliphatic carbocycles. The molecule has 206 valence electrons. The van der Waals surface area contributed by atoms with Crippen molar-refractivity contribution in [1.29, 1.82) is 0 Å².